The SMILES string of the molecule is O=C(O)c1cc(CC2CC2)on1. The first kappa shape index (κ1) is 7.34. The van der Waals surface area contributed by atoms with Crippen molar-refractivity contribution in [2.24, 2.45) is 5.92 Å². The summed E-state index contributed by atoms with van der Waals surface area (Å²) >= 11 is 0. The van der Waals surface area contributed by atoms with Gasteiger partial charge in [0.25, 0.3) is 0 Å². The molecule has 4 nitrogen and oxygen atoms in total. The number of hydrogen-bond acceptors (Lipinski definition) is 3. The van der Waals surface area contributed by atoms with Crippen molar-refractivity contribution < 1.29 is 14.4 Å². The lowest BCUT2D eigenvalue weighted by molar-refractivity contribution is 0.0685. The van der Waals surface area contributed by atoms with E-state index in [1.54, 1.807) is 0 Å². The van der Waals surface area contributed by atoms with Crippen LogP contribution < -0.4 is 0 Å². The largest absolute Gasteiger partial charge is 0.476 e. The Hall–Kier alpha value is -1.32. The monoisotopic (exact) mass is 167 g/mol. The van der Waals surface area contributed by atoms with Gasteiger partial charge in [0.05, 0.1) is 0 Å². The molecule has 1 N–H and O–H groups in total. The lowest BCUT2D eigenvalue weighted by atomic mass is 10.2. The Morgan fingerprint density at radius 2 is 2.50 bits per heavy atom. The number of rotatable bonds is 3. The second kappa shape index (κ2) is 2.62. The summed E-state index contributed by atoms with van der Waals surface area (Å²) in [5.41, 5.74) is 0.00523. The van der Waals surface area contributed by atoms with Gasteiger partial charge < -0.3 is 9.63 Å². The van der Waals surface area contributed by atoms with Crippen LogP contribution in [-0.4, -0.2) is 16.2 Å². The van der Waals surface area contributed by atoms with E-state index < -0.39 is 5.97 Å². The third kappa shape index (κ3) is 1.47. The van der Waals surface area contributed by atoms with Crippen molar-refractivity contribution in [2.75, 3.05) is 0 Å². The quantitative estimate of drug-likeness (QED) is 0.737. The molecule has 1 aromatic rings. The molecule has 0 atom stereocenters. The minimum Gasteiger partial charge on any atom is -0.476 e. The number of carbonyl (C=O) groups is 1. The van der Waals surface area contributed by atoms with Crippen LogP contribution in [0.5, 0.6) is 0 Å². The summed E-state index contributed by atoms with van der Waals surface area (Å²) in [7, 11) is 0. The molecule has 1 fully saturated rings. The van der Waals surface area contributed by atoms with Crippen molar-refractivity contribution in [1.29, 1.82) is 0 Å². The first-order chi connectivity index (χ1) is 5.75. The highest BCUT2D eigenvalue weighted by atomic mass is 16.5. The Morgan fingerprint density at radius 1 is 1.75 bits per heavy atom. The molecule has 0 radical (unpaired) electrons. The number of nitrogens with zero attached hydrogens (tertiary/aromatic N) is 1. The van der Waals surface area contributed by atoms with Gasteiger partial charge in [-0.2, -0.15) is 0 Å². The second-order valence-corrected chi connectivity index (χ2v) is 3.13. The lowest BCUT2D eigenvalue weighted by Crippen LogP contribution is -1.94. The van der Waals surface area contributed by atoms with Crippen LogP contribution >= 0.6 is 0 Å². The average Bonchev–Trinajstić information content (AvgIpc) is 2.66. The van der Waals surface area contributed by atoms with E-state index in [-0.39, 0.29) is 5.69 Å². The van der Waals surface area contributed by atoms with Crippen molar-refractivity contribution in [3.8, 4) is 0 Å². The van der Waals surface area contributed by atoms with Gasteiger partial charge in [-0.15, -0.1) is 0 Å². The molecule has 0 aromatic carbocycles. The summed E-state index contributed by atoms with van der Waals surface area (Å²) in [6.45, 7) is 0. The summed E-state index contributed by atoms with van der Waals surface area (Å²) in [4.78, 5) is 10.4. The molecular formula is C8H9NO3. The topological polar surface area (TPSA) is 63.3 Å². The first-order valence-electron chi connectivity index (χ1n) is 3.94. The van der Waals surface area contributed by atoms with Gasteiger partial charge in [0.2, 0.25) is 0 Å². The standard InChI is InChI=1S/C8H9NO3/c10-8(11)7-4-6(12-9-7)3-5-1-2-5/h4-5H,1-3H2,(H,10,11). The van der Waals surface area contributed by atoms with Gasteiger partial charge in [0.15, 0.2) is 5.69 Å². The van der Waals surface area contributed by atoms with Crippen molar-refractivity contribution >= 4 is 5.97 Å². The Balaban J connectivity index is 2.06. The molecule has 12 heavy (non-hydrogen) atoms. The van der Waals surface area contributed by atoms with E-state index in [1.807, 2.05) is 0 Å². The maximum absolute atomic E-state index is 10.4. The van der Waals surface area contributed by atoms with Crippen molar-refractivity contribution in [3.05, 3.63) is 17.5 Å². The fourth-order valence-electron chi connectivity index (χ4n) is 1.12. The van der Waals surface area contributed by atoms with Gasteiger partial charge in [-0.25, -0.2) is 4.79 Å². The molecule has 64 valence electrons. The van der Waals surface area contributed by atoms with E-state index in [0.29, 0.717) is 11.7 Å². The third-order valence-electron chi connectivity index (χ3n) is 1.96. The van der Waals surface area contributed by atoms with Gasteiger partial charge >= 0.3 is 5.97 Å². The van der Waals surface area contributed by atoms with E-state index in [9.17, 15) is 4.79 Å². The summed E-state index contributed by atoms with van der Waals surface area (Å²) in [6, 6.07) is 1.50. The van der Waals surface area contributed by atoms with Crippen LogP contribution in [0.4, 0.5) is 0 Å². The van der Waals surface area contributed by atoms with Crippen LogP contribution in [0, 0.1) is 5.92 Å². The lowest BCUT2D eigenvalue weighted by Gasteiger charge is -1.86. The molecule has 0 bridgehead atoms. The highest BCUT2D eigenvalue weighted by Gasteiger charge is 2.24. The number of hydrogen-bond donors (Lipinski definition) is 1. The molecule has 0 saturated heterocycles. The summed E-state index contributed by atoms with van der Waals surface area (Å²) in [5.74, 6) is 0.357. The van der Waals surface area contributed by atoms with Crippen LogP contribution in [0.25, 0.3) is 0 Å². The van der Waals surface area contributed by atoms with Gasteiger partial charge in [-0.1, -0.05) is 5.16 Å². The van der Waals surface area contributed by atoms with E-state index in [2.05, 4.69) is 5.16 Å². The van der Waals surface area contributed by atoms with Gasteiger partial charge in [-0.3, -0.25) is 0 Å². The number of aromatic carboxylic acids is 1. The molecule has 0 aliphatic heterocycles. The Bertz CT molecular complexity index is 301. The van der Waals surface area contributed by atoms with Crippen molar-refractivity contribution in [3.63, 3.8) is 0 Å². The molecule has 0 spiro atoms. The zero-order valence-electron chi connectivity index (χ0n) is 6.49. The fourth-order valence-corrected chi connectivity index (χ4v) is 1.12. The number of aromatic nitrogens is 1. The average molecular weight is 167 g/mol. The maximum Gasteiger partial charge on any atom is 0.358 e. The van der Waals surface area contributed by atoms with Crippen molar-refractivity contribution in [1.82, 2.24) is 5.16 Å². The molecule has 0 amide bonds. The highest BCUT2D eigenvalue weighted by molar-refractivity contribution is 5.85. The van der Waals surface area contributed by atoms with E-state index >= 15 is 0 Å². The molecule has 1 heterocycles. The van der Waals surface area contributed by atoms with Crippen LogP contribution in [0.2, 0.25) is 0 Å². The molecule has 1 aliphatic rings. The second-order valence-electron chi connectivity index (χ2n) is 3.13. The van der Waals surface area contributed by atoms with Gasteiger partial charge in [-0.05, 0) is 18.8 Å². The molecular weight excluding hydrogens is 158 g/mol. The third-order valence-corrected chi connectivity index (χ3v) is 1.96. The molecule has 2 rings (SSSR count). The van der Waals surface area contributed by atoms with Crippen LogP contribution in [0.1, 0.15) is 29.1 Å². The Kier molecular flexibility index (Phi) is 1.60. The van der Waals surface area contributed by atoms with Crippen LogP contribution in [-0.2, 0) is 6.42 Å². The van der Waals surface area contributed by atoms with Crippen molar-refractivity contribution in [2.45, 2.75) is 19.3 Å². The fraction of sp³-hybridized carbons (Fsp3) is 0.500. The van der Waals surface area contributed by atoms with Gasteiger partial charge in [0.1, 0.15) is 5.76 Å². The first-order valence-corrected chi connectivity index (χ1v) is 3.94. The molecule has 0 unspecified atom stereocenters. The highest BCUT2D eigenvalue weighted by Crippen LogP contribution is 2.32. The van der Waals surface area contributed by atoms with E-state index in [4.69, 9.17) is 9.63 Å². The number of carboxylic acids is 1. The predicted molar refractivity (Wildman–Crippen MR) is 39.9 cm³/mol. The minimum absolute atomic E-state index is 0.00523. The molecule has 1 aliphatic carbocycles. The summed E-state index contributed by atoms with van der Waals surface area (Å²) in [6.07, 6.45) is 3.28. The molecule has 1 aromatic heterocycles. The van der Waals surface area contributed by atoms with E-state index in [1.165, 1.54) is 18.9 Å². The minimum atomic E-state index is -1.03. The Labute approximate surface area is 69.2 Å². The van der Waals surface area contributed by atoms with Gasteiger partial charge in [0, 0.05) is 12.5 Å². The summed E-state index contributed by atoms with van der Waals surface area (Å²) in [5, 5.41) is 11.9. The molecule has 1 saturated carbocycles. The molecule has 4 heteroatoms. The smallest absolute Gasteiger partial charge is 0.358 e. The zero-order valence-corrected chi connectivity index (χ0v) is 6.49. The van der Waals surface area contributed by atoms with Crippen LogP contribution in [0.3, 0.4) is 0 Å². The normalized spacial score (nSPS) is 16.3. The predicted octanol–water partition coefficient (Wildman–Crippen LogP) is 1.33. The summed E-state index contributed by atoms with van der Waals surface area (Å²) < 4.78 is 4.85. The maximum atomic E-state index is 10.4. The zero-order chi connectivity index (χ0) is 8.55. The van der Waals surface area contributed by atoms with Crippen LogP contribution in [0.15, 0.2) is 10.6 Å². The Morgan fingerprint density at radius 3 is 3.00 bits per heavy atom. The van der Waals surface area contributed by atoms with E-state index in [0.717, 1.165) is 6.42 Å². The number of carboxylic acid groups (broad SMARTS) is 1.